The van der Waals surface area contributed by atoms with Gasteiger partial charge in [-0.25, -0.2) is 9.59 Å². The summed E-state index contributed by atoms with van der Waals surface area (Å²) in [5, 5.41) is 0. The van der Waals surface area contributed by atoms with Crippen molar-refractivity contribution in [3.63, 3.8) is 0 Å². The van der Waals surface area contributed by atoms with Gasteiger partial charge in [0.05, 0.1) is 18.7 Å². The van der Waals surface area contributed by atoms with Gasteiger partial charge >= 0.3 is 12.1 Å². The Bertz CT molecular complexity index is 697. The Morgan fingerprint density at radius 2 is 1.87 bits per heavy atom. The number of esters is 1. The van der Waals surface area contributed by atoms with E-state index in [1.807, 2.05) is 30.3 Å². The molecule has 1 unspecified atom stereocenters. The lowest BCUT2D eigenvalue weighted by atomic mass is 10.1. The minimum absolute atomic E-state index is 0.0612. The fourth-order valence-electron chi connectivity index (χ4n) is 2.69. The molecule has 0 radical (unpaired) electrons. The summed E-state index contributed by atoms with van der Waals surface area (Å²) in [7, 11) is 1.34. The Hall–Kier alpha value is -2.82. The summed E-state index contributed by atoms with van der Waals surface area (Å²) in [4.78, 5) is 25.2. The molecule has 0 bridgehead atoms. The highest BCUT2D eigenvalue weighted by molar-refractivity contribution is 5.93. The predicted molar refractivity (Wildman–Crippen MR) is 85.5 cm³/mol. The largest absolute Gasteiger partial charge is 0.465 e. The molecule has 0 spiro atoms. The molecule has 118 valence electrons. The zero-order valence-corrected chi connectivity index (χ0v) is 12.8. The Balaban J connectivity index is 1.81. The third kappa shape index (κ3) is 3.18. The summed E-state index contributed by atoms with van der Waals surface area (Å²) in [6, 6.07) is 16.7. The molecule has 3 rings (SSSR count). The van der Waals surface area contributed by atoms with Crippen molar-refractivity contribution in [1.29, 1.82) is 0 Å². The van der Waals surface area contributed by atoms with Crippen molar-refractivity contribution in [2.24, 2.45) is 0 Å². The molecule has 1 aliphatic rings. The van der Waals surface area contributed by atoms with Crippen LogP contribution in [0.25, 0.3) is 0 Å². The number of rotatable bonds is 4. The quantitative estimate of drug-likeness (QED) is 0.814. The molecule has 0 aromatic heterocycles. The van der Waals surface area contributed by atoms with E-state index < -0.39 is 5.97 Å². The Kier molecular flexibility index (Phi) is 4.28. The average molecular weight is 311 g/mol. The van der Waals surface area contributed by atoms with Crippen molar-refractivity contribution in [1.82, 2.24) is 0 Å². The van der Waals surface area contributed by atoms with Gasteiger partial charge in [-0.15, -0.1) is 0 Å². The third-order valence-electron chi connectivity index (χ3n) is 3.84. The number of carbonyl (C=O) groups is 2. The number of hydrogen-bond acceptors (Lipinski definition) is 4. The minimum Gasteiger partial charge on any atom is -0.465 e. The molecule has 5 heteroatoms. The summed E-state index contributed by atoms with van der Waals surface area (Å²) in [6.07, 6.45) is 0.350. The maximum absolute atomic E-state index is 12.1. The van der Waals surface area contributed by atoms with E-state index in [9.17, 15) is 9.59 Å². The highest BCUT2D eigenvalue weighted by Gasteiger charge is 2.34. The van der Waals surface area contributed by atoms with Gasteiger partial charge in [-0.2, -0.15) is 0 Å². The summed E-state index contributed by atoms with van der Waals surface area (Å²) >= 11 is 0. The van der Waals surface area contributed by atoms with Gasteiger partial charge in [0.25, 0.3) is 0 Å². The lowest BCUT2D eigenvalue weighted by molar-refractivity contribution is 0.0600. The van der Waals surface area contributed by atoms with Gasteiger partial charge in [0.15, 0.2) is 0 Å². The first-order chi connectivity index (χ1) is 11.2. The normalized spacial score (nSPS) is 17.0. The molecular weight excluding hydrogens is 294 g/mol. The number of carbonyl (C=O) groups excluding carboxylic acids is 2. The Morgan fingerprint density at radius 3 is 2.52 bits per heavy atom. The fraction of sp³-hybridized carbons (Fsp3) is 0.222. The fourth-order valence-corrected chi connectivity index (χ4v) is 2.69. The van der Waals surface area contributed by atoms with Crippen molar-refractivity contribution >= 4 is 17.7 Å². The molecule has 5 nitrogen and oxygen atoms in total. The molecule has 1 atom stereocenters. The van der Waals surface area contributed by atoms with Crippen molar-refractivity contribution in [2.75, 3.05) is 18.6 Å². The number of anilines is 1. The smallest absolute Gasteiger partial charge is 0.414 e. The van der Waals surface area contributed by atoms with Gasteiger partial charge in [0.1, 0.15) is 6.61 Å². The summed E-state index contributed by atoms with van der Waals surface area (Å²) in [5.41, 5.74) is 2.30. The first-order valence-electron chi connectivity index (χ1n) is 7.37. The Morgan fingerprint density at radius 1 is 1.17 bits per heavy atom. The van der Waals surface area contributed by atoms with E-state index in [-0.39, 0.29) is 12.1 Å². The van der Waals surface area contributed by atoms with E-state index in [0.717, 1.165) is 5.56 Å². The molecule has 2 aromatic rings. The molecule has 23 heavy (non-hydrogen) atoms. The van der Waals surface area contributed by atoms with Gasteiger partial charge in [0, 0.05) is 5.69 Å². The molecule has 1 heterocycles. The van der Waals surface area contributed by atoms with E-state index in [2.05, 4.69) is 4.74 Å². The summed E-state index contributed by atoms with van der Waals surface area (Å²) in [6.45, 7) is 0.354. The van der Waals surface area contributed by atoms with Crippen LogP contribution in [0.5, 0.6) is 0 Å². The number of cyclic esters (lactones) is 1. The van der Waals surface area contributed by atoms with Crippen LogP contribution >= 0.6 is 0 Å². The van der Waals surface area contributed by atoms with Crippen LogP contribution in [0.2, 0.25) is 0 Å². The maximum atomic E-state index is 12.1. The van der Waals surface area contributed by atoms with E-state index in [1.165, 1.54) is 7.11 Å². The van der Waals surface area contributed by atoms with Gasteiger partial charge in [-0.3, -0.25) is 4.90 Å². The van der Waals surface area contributed by atoms with Crippen LogP contribution in [0.15, 0.2) is 54.6 Å². The van der Waals surface area contributed by atoms with Gasteiger partial charge in [-0.05, 0) is 36.2 Å². The van der Waals surface area contributed by atoms with Crippen LogP contribution in [0.4, 0.5) is 10.5 Å². The van der Waals surface area contributed by atoms with Gasteiger partial charge in [0.2, 0.25) is 0 Å². The van der Waals surface area contributed by atoms with Crippen LogP contribution in [-0.4, -0.2) is 31.8 Å². The van der Waals surface area contributed by atoms with Crippen LogP contribution in [0.3, 0.4) is 0 Å². The number of methoxy groups -OCH3 is 1. The number of hydrogen-bond donors (Lipinski definition) is 0. The van der Waals surface area contributed by atoms with Crippen LogP contribution in [0.1, 0.15) is 15.9 Å². The number of ether oxygens (including phenoxy) is 2. The monoisotopic (exact) mass is 311 g/mol. The lowest BCUT2D eigenvalue weighted by Gasteiger charge is -2.21. The number of amides is 1. The van der Waals surface area contributed by atoms with E-state index >= 15 is 0 Å². The highest BCUT2D eigenvalue weighted by Crippen LogP contribution is 2.25. The van der Waals surface area contributed by atoms with Crippen LogP contribution in [0, 0.1) is 0 Å². The van der Waals surface area contributed by atoms with E-state index in [1.54, 1.807) is 29.2 Å². The van der Waals surface area contributed by atoms with E-state index in [4.69, 9.17) is 4.74 Å². The summed E-state index contributed by atoms with van der Waals surface area (Å²) < 4.78 is 9.88. The van der Waals surface area contributed by atoms with Crippen LogP contribution < -0.4 is 4.90 Å². The number of nitrogens with zero attached hydrogens (tertiary/aromatic N) is 1. The molecule has 0 aliphatic carbocycles. The predicted octanol–water partition coefficient (Wildman–Crippen LogP) is 3.04. The minimum atomic E-state index is -0.401. The average Bonchev–Trinajstić information content (AvgIpc) is 2.95. The van der Waals surface area contributed by atoms with Crippen molar-refractivity contribution in [3.8, 4) is 0 Å². The van der Waals surface area contributed by atoms with E-state index in [0.29, 0.717) is 24.3 Å². The first kappa shape index (κ1) is 15.1. The molecule has 1 amide bonds. The third-order valence-corrected chi connectivity index (χ3v) is 3.84. The Labute approximate surface area is 134 Å². The van der Waals surface area contributed by atoms with Crippen molar-refractivity contribution < 1.29 is 19.1 Å². The second kappa shape index (κ2) is 6.52. The second-order valence-electron chi connectivity index (χ2n) is 5.33. The van der Waals surface area contributed by atoms with Crippen molar-refractivity contribution in [2.45, 2.75) is 12.5 Å². The first-order valence-corrected chi connectivity index (χ1v) is 7.37. The highest BCUT2D eigenvalue weighted by atomic mass is 16.6. The molecule has 2 aromatic carbocycles. The zero-order chi connectivity index (χ0) is 16.2. The molecule has 1 saturated heterocycles. The molecule has 1 aliphatic heterocycles. The van der Waals surface area contributed by atoms with Gasteiger partial charge in [-0.1, -0.05) is 30.3 Å². The van der Waals surface area contributed by atoms with Crippen molar-refractivity contribution in [3.05, 3.63) is 65.7 Å². The maximum Gasteiger partial charge on any atom is 0.414 e. The van der Waals surface area contributed by atoms with Gasteiger partial charge < -0.3 is 9.47 Å². The number of benzene rings is 2. The zero-order valence-electron chi connectivity index (χ0n) is 12.8. The lowest BCUT2D eigenvalue weighted by Crippen LogP contribution is -2.35. The summed E-state index contributed by atoms with van der Waals surface area (Å²) in [5.74, 6) is -0.401. The molecule has 0 saturated carbocycles. The van der Waals surface area contributed by atoms with Crippen LogP contribution in [-0.2, 0) is 15.9 Å². The standard InChI is InChI=1S/C18H17NO4/c1-22-17(20)14-7-9-15(10-8-14)19-16(12-23-18(19)21)11-13-5-3-2-4-6-13/h2-10,16H,11-12H2,1H3. The SMILES string of the molecule is COC(=O)c1ccc(N2C(=O)OCC2Cc2ccccc2)cc1. The second-order valence-corrected chi connectivity index (χ2v) is 5.33. The topological polar surface area (TPSA) is 55.8 Å². The molecule has 1 fully saturated rings. The molecular formula is C18H17NO4. The molecule has 0 N–H and O–H groups in total.